The molecule has 0 atom stereocenters. The number of hydrogen-bond donors (Lipinski definition) is 1. The zero-order valence-corrected chi connectivity index (χ0v) is 13.8. The van der Waals surface area contributed by atoms with E-state index in [1.54, 1.807) is 0 Å². The van der Waals surface area contributed by atoms with Gasteiger partial charge in [0.1, 0.15) is 0 Å². The van der Waals surface area contributed by atoms with E-state index in [0.717, 1.165) is 25.3 Å². The molecule has 5 heteroatoms. The predicted molar refractivity (Wildman–Crippen MR) is 79.4 cm³/mol. The molecule has 0 spiro atoms. The van der Waals surface area contributed by atoms with Gasteiger partial charge in [0, 0.05) is 25.9 Å². The summed E-state index contributed by atoms with van der Waals surface area (Å²) in [5, 5.41) is 6.48. The van der Waals surface area contributed by atoms with Gasteiger partial charge in [-0.3, -0.25) is 0 Å². The topological polar surface area (TPSA) is 51.5 Å². The molecule has 0 saturated heterocycles. The van der Waals surface area contributed by atoms with Crippen molar-refractivity contribution < 1.29 is 13.3 Å². The number of rotatable bonds is 10. The Morgan fingerprint density at radius 3 is 1.44 bits per heavy atom. The average molecular weight is 277 g/mol. The van der Waals surface area contributed by atoms with Crippen LogP contribution in [0, 0.1) is 5.41 Å². The van der Waals surface area contributed by atoms with Crippen LogP contribution in [-0.2, 0) is 13.3 Å². The predicted octanol–water partition coefficient (Wildman–Crippen LogP) is 3.88. The van der Waals surface area contributed by atoms with Crippen LogP contribution in [0.2, 0.25) is 6.04 Å². The van der Waals surface area contributed by atoms with E-state index in [4.69, 9.17) is 18.7 Å². The zero-order valence-electron chi connectivity index (χ0n) is 12.8. The van der Waals surface area contributed by atoms with Crippen LogP contribution in [0.3, 0.4) is 0 Å². The highest BCUT2D eigenvalue weighted by Gasteiger charge is 2.38. The maximum absolute atomic E-state index is 6.48. The molecule has 0 aromatic heterocycles. The van der Waals surface area contributed by atoms with Crippen molar-refractivity contribution in [2.24, 2.45) is 0 Å². The lowest BCUT2D eigenvalue weighted by Crippen LogP contribution is -2.45. The van der Waals surface area contributed by atoms with Crippen molar-refractivity contribution in [1.29, 1.82) is 5.41 Å². The second-order valence-corrected chi connectivity index (χ2v) is 6.46. The Morgan fingerprint density at radius 2 is 1.28 bits per heavy atom. The molecule has 0 rings (SSSR count). The summed E-state index contributed by atoms with van der Waals surface area (Å²) in [6.07, 6.45) is 4.51. The lowest BCUT2D eigenvalue weighted by Gasteiger charge is -2.27. The Hall–Kier alpha value is -0.233. The molecule has 1 N–H and O–H groups in total. The Morgan fingerprint density at radius 1 is 0.833 bits per heavy atom. The Labute approximate surface area is 114 Å². The van der Waals surface area contributed by atoms with Gasteiger partial charge in [0.15, 0.2) is 0 Å². The summed E-state index contributed by atoms with van der Waals surface area (Å²) in [6, 6.07) is 0.919. The van der Waals surface area contributed by atoms with Crippen LogP contribution in [-0.4, -0.2) is 34.8 Å². The first-order valence-corrected chi connectivity index (χ1v) is 9.00. The van der Waals surface area contributed by atoms with Gasteiger partial charge in [0.2, 0.25) is 0 Å². The van der Waals surface area contributed by atoms with Crippen LogP contribution in [0.4, 0.5) is 0 Å². The Kier molecular flexibility index (Phi) is 16.5. The molecule has 0 bridgehead atoms. The van der Waals surface area contributed by atoms with Crippen molar-refractivity contribution in [3.8, 4) is 0 Å². The van der Waals surface area contributed by atoms with E-state index in [1.807, 2.05) is 20.8 Å². The van der Waals surface area contributed by atoms with Crippen LogP contribution in [0.15, 0.2) is 0 Å². The third kappa shape index (κ3) is 10.9. The summed E-state index contributed by atoms with van der Waals surface area (Å²) in [7, 11) is -2.30. The first-order valence-electron chi connectivity index (χ1n) is 7.06. The SMILES string of the molecule is CCCC=N.CCC[Si](OCC)(OCC)OCC. The summed E-state index contributed by atoms with van der Waals surface area (Å²) in [5.74, 6) is 0. The van der Waals surface area contributed by atoms with E-state index in [9.17, 15) is 0 Å². The van der Waals surface area contributed by atoms with Crippen LogP contribution in [0.1, 0.15) is 53.9 Å². The number of hydrogen-bond acceptors (Lipinski definition) is 4. The van der Waals surface area contributed by atoms with Gasteiger partial charge < -0.3 is 18.7 Å². The summed E-state index contributed by atoms with van der Waals surface area (Å²) in [5.41, 5.74) is 0. The average Bonchev–Trinajstić information content (AvgIpc) is 2.32. The fraction of sp³-hybridized carbons (Fsp3) is 0.923. The lowest BCUT2D eigenvalue weighted by molar-refractivity contribution is 0.0712. The van der Waals surface area contributed by atoms with Crippen LogP contribution in [0.5, 0.6) is 0 Å². The van der Waals surface area contributed by atoms with E-state index in [-0.39, 0.29) is 0 Å². The van der Waals surface area contributed by atoms with Gasteiger partial charge in [-0.2, -0.15) is 0 Å². The maximum atomic E-state index is 6.48. The highest BCUT2D eigenvalue weighted by atomic mass is 28.4. The quantitative estimate of drug-likeness (QED) is 0.487. The molecule has 0 radical (unpaired) electrons. The molecule has 0 amide bonds. The summed E-state index contributed by atoms with van der Waals surface area (Å²) in [4.78, 5) is 0. The van der Waals surface area contributed by atoms with Gasteiger partial charge in [-0.15, -0.1) is 0 Å². The van der Waals surface area contributed by atoms with Crippen molar-refractivity contribution in [1.82, 2.24) is 0 Å². The number of nitrogens with one attached hydrogen (secondary N) is 1. The molecule has 0 aliphatic carbocycles. The molecule has 0 fully saturated rings. The van der Waals surface area contributed by atoms with Crippen LogP contribution in [0.25, 0.3) is 0 Å². The van der Waals surface area contributed by atoms with Gasteiger partial charge in [-0.25, -0.2) is 0 Å². The number of unbranched alkanes of at least 4 members (excludes halogenated alkanes) is 1. The highest BCUT2D eigenvalue weighted by molar-refractivity contribution is 6.60. The van der Waals surface area contributed by atoms with Gasteiger partial charge in [-0.1, -0.05) is 26.7 Å². The molecule has 18 heavy (non-hydrogen) atoms. The highest BCUT2D eigenvalue weighted by Crippen LogP contribution is 2.17. The van der Waals surface area contributed by atoms with Gasteiger partial charge in [0.05, 0.1) is 0 Å². The molecule has 0 saturated carbocycles. The molecular formula is C13H31NO3Si. The normalized spacial score (nSPS) is 10.7. The summed E-state index contributed by atoms with van der Waals surface area (Å²) in [6.45, 7) is 12.1. The molecule has 0 aromatic rings. The van der Waals surface area contributed by atoms with Gasteiger partial charge in [0.25, 0.3) is 0 Å². The second-order valence-electron chi connectivity index (χ2n) is 3.72. The van der Waals surface area contributed by atoms with Crippen molar-refractivity contribution in [3.05, 3.63) is 0 Å². The maximum Gasteiger partial charge on any atom is 0.500 e. The first-order chi connectivity index (χ1) is 8.66. The molecule has 0 heterocycles. The van der Waals surface area contributed by atoms with Crippen molar-refractivity contribution in [3.63, 3.8) is 0 Å². The second kappa shape index (κ2) is 14.8. The summed E-state index contributed by atoms with van der Waals surface area (Å²) >= 11 is 0. The molecule has 0 aromatic carbocycles. The molecule has 110 valence electrons. The van der Waals surface area contributed by atoms with E-state index in [2.05, 4.69) is 13.8 Å². The molecule has 0 unspecified atom stereocenters. The first kappa shape index (κ1) is 20.1. The summed E-state index contributed by atoms with van der Waals surface area (Å²) < 4.78 is 16.9. The van der Waals surface area contributed by atoms with E-state index >= 15 is 0 Å². The minimum absolute atomic E-state index is 0.673. The molecule has 0 aliphatic rings. The van der Waals surface area contributed by atoms with E-state index in [1.165, 1.54) is 6.21 Å². The largest absolute Gasteiger partial charge is 0.500 e. The molecular weight excluding hydrogens is 246 g/mol. The van der Waals surface area contributed by atoms with E-state index in [0.29, 0.717) is 19.8 Å². The lowest BCUT2D eigenvalue weighted by atomic mass is 10.4. The smallest absolute Gasteiger partial charge is 0.374 e. The van der Waals surface area contributed by atoms with Crippen LogP contribution < -0.4 is 0 Å². The van der Waals surface area contributed by atoms with Crippen molar-refractivity contribution in [2.45, 2.75) is 59.9 Å². The van der Waals surface area contributed by atoms with Crippen LogP contribution >= 0.6 is 0 Å². The fourth-order valence-electron chi connectivity index (χ4n) is 1.45. The fourth-order valence-corrected chi connectivity index (χ4v) is 4.07. The minimum Gasteiger partial charge on any atom is -0.374 e. The van der Waals surface area contributed by atoms with Gasteiger partial charge >= 0.3 is 8.80 Å². The van der Waals surface area contributed by atoms with Crippen molar-refractivity contribution >= 4 is 15.0 Å². The Bertz CT molecular complexity index is 150. The van der Waals surface area contributed by atoms with E-state index < -0.39 is 8.80 Å². The zero-order chi connectivity index (χ0) is 14.3. The molecule has 0 aliphatic heterocycles. The monoisotopic (exact) mass is 277 g/mol. The standard InChI is InChI=1S/C9H22O3Si.C4H9N/c1-5-9-13(10-6-2,11-7-3)12-8-4;1-2-3-4-5/h5-9H2,1-4H3;4-5H,2-3H2,1H3. The molecule has 4 nitrogen and oxygen atoms in total. The Balaban J connectivity index is 0. The van der Waals surface area contributed by atoms with Crippen molar-refractivity contribution in [2.75, 3.05) is 19.8 Å². The van der Waals surface area contributed by atoms with Gasteiger partial charge in [-0.05, 0) is 33.4 Å². The third-order valence-corrected chi connectivity index (χ3v) is 5.38. The third-order valence-electron chi connectivity index (χ3n) is 2.08. The minimum atomic E-state index is -2.30.